The van der Waals surface area contributed by atoms with Gasteiger partial charge in [-0.3, -0.25) is 9.69 Å². The molecule has 1 saturated heterocycles. The minimum Gasteiger partial charge on any atom is -0.461 e. The van der Waals surface area contributed by atoms with Gasteiger partial charge in [-0.25, -0.2) is 4.79 Å². The van der Waals surface area contributed by atoms with Crippen LogP contribution in [0.25, 0.3) is 0 Å². The average molecular weight is 331 g/mol. The van der Waals surface area contributed by atoms with Crippen molar-refractivity contribution in [1.29, 1.82) is 0 Å². The summed E-state index contributed by atoms with van der Waals surface area (Å²) in [6.45, 7) is 6.40. The molecule has 24 heavy (non-hydrogen) atoms. The molecule has 0 saturated carbocycles. The van der Waals surface area contributed by atoms with Crippen molar-refractivity contribution in [2.24, 2.45) is 0 Å². The molecular weight excluding hydrogens is 306 g/mol. The van der Waals surface area contributed by atoms with Gasteiger partial charge in [-0.1, -0.05) is 6.08 Å². The van der Waals surface area contributed by atoms with Gasteiger partial charge in [0.2, 0.25) is 0 Å². The van der Waals surface area contributed by atoms with Crippen LogP contribution in [0.1, 0.15) is 30.3 Å². The second-order valence-electron chi connectivity index (χ2n) is 6.25. The highest BCUT2D eigenvalue weighted by Gasteiger charge is 2.26. The summed E-state index contributed by atoms with van der Waals surface area (Å²) >= 11 is 0. The fraction of sp³-hybridized carbons (Fsp3) is 0.556. The number of piperazine rings is 1. The number of nitrogens with zero attached hydrogens (tertiary/aromatic N) is 2. The van der Waals surface area contributed by atoms with Gasteiger partial charge >= 0.3 is 5.97 Å². The molecule has 1 N–H and O–H groups in total. The third-order valence-corrected chi connectivity index (χ3v) is 4.71. The molecule has 6 heteroatoms. The van der Waals surface area contributed by atoms with Gasteiger partial charge in [-0.2, -0.15) is 0 Å². The summed E-state index contributed by atoms with van der Waals surface area (Å²) in [5.74, 6) is -0.288. The van der Waals surface area contributed by atoms with Gasteiger partial charge in [0.25, 0.3) is 0 Å². The van der Waals surface area contributed by atoms with Crippen LogP contribution in [0.3, 0.4) is 0 Å². The molecule has 0 bridgehead atoms. The van der Waals surface area contributed by atoms with E-state index in [9.17, 15) is 9.59 Å². The number of rotatable bonds is 6. The summed E-state index contributed by atoms with van der Waals surface area (Å²) in [5.41, 5.74) is 1.32. The van der Waals surface area contributed by atoms with Crippen LogP contribution in [-0.2, 0) is 16.1 Å². The maximum Gasteiger partial charge on any atom is 0.354 e. The predicted octanol–water partition coefficient (Wildman–Crippen LogP) is 1.23. The fourth-order valence-corrected chi connectivity index (χ4v) is 3.43. The number of Topliss-reactive ketones (excluding diaryl/α,β-unsaturated/α-hetero) is 1. The highest BCUT2D eigenvalue weighted by atomic mass is 16.5. The highest BCUT2D eigenvalue weighted by Crippen LogP contribution is 2.24. The number of hydrogen-bond acceptors (Lipinski definition) is 5. The van der Waals surface area contributed by atoms with Crippen molar-refractivity contribution in [1.82, 2.24) is 14.8 Å². The molecule has 0 spiro atoms. The summed E-state index contributed by atoms with van der Waals surface area (Å²) in [6.07, 6.45) is 5.72. The lowest BCUT2D eigenvalue weighted by molar-refractivity contribution is -0.116. The predicted molar refractivity (Wildman–Crippen MR) is 90.9 cm³/mol. The molecule has 6 nitrogen and oxygen atoms in total. The molecule has 0 unspecified atom stereocenters. The minimum absolute atomic E-state index is 0.0920. The molecule has 0 aromatic carbocycles. The first kappa shape index (κ1) is 16.9. The SMILES string of the molecule is CCOC(=O)c1cccn1CC(=O)C1=C[C@H](N2CCNCC2)CC1. The summed E-state index contributed by atoms with van der Waals surface area (Å²) in [6, 6.07) is 3.84. The van der Waals surface area contributed by atoms with Crippen molar-refractivity contribution in [3.05, 3.63) is 35.7 Å². The monoisotopic (exact) mass is 331 g/mol. The van der Waals surface area contributed by atoms with E-state index in [-0.39, 0.29) is 18.3 Å². The summed E-state index contributed by atoms with van der Waals surface area (Å²) in [5, 5.41) is 3.35. The van der Waals surface area contributed by atoms with E-state index in [4.69, 9.17) is 4.74 Å². The van der Waals surface area contributed by atoms with Gasteiger partial charge in [-0.05, 0) is 37.5 Å². The Kier molecular flexibility index (Phi) is 5.48. The Balaban J connectivity index is 1.63. The maximum atomic E-state index is 12.6. The molecule has 130 valence electrons. The summed E-state index contributed by atoms with van der Waals surface area (Å²) in [4.78, 5) is 26.9. The number of allylic oxidation sites excluding steroid dienone is 1. The van der Waals surface area contributed by atoms with Crippen molar-refractivity contribution < 1.29 is 14.3 Å². The zero-order chi connectivity index (χ0) is 16.9. The molecular formula is C18H25N3O3. The van der Waals surface area contributed by atoms with Gasteiger partial charge < -0.3 is 14.6 Å². The largest absolute Gasteiger partial charge is 0.461 e. The van der Waals surface area contributed by atoms with Crippen LogP contribution >= 0.6 is 0 Å². The minimum atomic E-state index is -0.380. The highest BCUT2D eigenvalue weighted by molar-refractivity contribution is 5.96. The van der Waals surface area contributed by atoms with Crippen LogP contribution < -0.4 is 5.32 Å². The van der Waals surface area contributed by atoms with Crippen LogP contribution in [0, 0.1) is 0 Å². The number of carbonyl (C=O) groups excluding carboxylic acids is 2. The summed E-state index contributed by atoms with van der Waals surface area (Å²) in [7, 11) is 0. The number of ketones is 1. The second kappa shape index (κ2) is 7.77. The van der Waals surface area contributed by atoms with E-state index < -0.39 is 0 Å². The lowest BCUT2D eigenvalue weighted by Gasteiger charge is -2.31. The summed E-state index contributed by atoms with van der Waals surface area (Å²) < 4.78 is 6.71. The normalized spacial score (nSPS) is 21.5. The zero-order valence-electron chi connectivity index (χ0n) is 14.2. The fourth-order valence-electron chi connectivity index (χ4n) is 3.43. The number of hydrogen-bond donors (Lipinski definition) is 1. The van der Waals surface area contributed by atoms with E-state index in [1.165, 1.54) is 0 Å². The van der Waals surface area contributed by atoms with E-state index in [2.05, 4.69) is 16.3 Å². The molecule has 1 atom stereocenters. The Hall–Kier alpha value is -1.92. The molecule has 1 aromatic heterocycles. The standard InChI is InChI=1S/C18H25N3O3/c1-2-24-18(23)16-4-3-9-21(16)13-17(22)14-5-6-15(12-14)20-10-7-19-8-11-20/h3-4,9,12,15,19H,2,5-8,10-11,13H2,1H3/t15-/m1/s1. The van der Waals surface area contributed by atoms with Gasteiger partial charge in [0, 0.05) is 38.4 Å². The van der Waals surface area contributed by atoms with Crippen molar-refractivity contribution in [3.63, 3.8) is 0 Å². The molecule has 0 amide bonds. The first-order valence-electron chi connectivity index (χ1n) is 8.70. The molecule has 1 aliphatic heterocycles. The third kappa shape index (κ3) is 3.76. The average Bonchev–Trinajstić information content (AvgIpc) is 3.25. The lowest BCUT2D eigenvalue weighted by atomic mass is 10.1. The smallest absolute Gasteiger partial charge is 0.354 e. The van der Waals surface area contributed by atoms with E-state index in [0.717, 1.165) is 44.6 Å². The van der Waals surface area contributed by atoms with Crippen LogP contribution in [0.15, 0.2) is 30.0 Å². The first-order chi connectivity index (χ1) is 11.7. The molecule has 1 fully saturated rings. The number of aromatic nitrogens is 1. The quantitative estimate of drug-likeness (QED) is 0.795. The maximum absolute atomic E-state index is 12.6. The second-order valence-corrected chi connectivity index (χ2v) is 6.25. The van der Waals surface area contributed by atoms with E-state index in [1.54, 1.807) is 29.8 Å². The van der Waals surface area contributed by atoms with Crippen molar-refractivity contribution in [2.75, 3.05) is 32.8 Å². The van der Waals surface area contributed by atoms with Crippen molar-refractivity contribution in [3.8, 4) is 0 Å². The van der Waals surface area contributed by atoms with Gasteiger partial charge in [0.15, 0.2) is 5.78 Å². The third-order valence-electron chi connectivity index (χ3n) is 4.71. The Bertz CT molecular complexity index is 629. The number of carbonyl (C=O) groups is 2. The molecule has 1 aliphatic carbocycles. The Morgan fingerprint density at radius 2 is 2.12 bits per heavy atom. The Morgan fingerprint density at radius 3 is 2.88 bits per heavy atom. The van der Waals surface area contributed by atoms with Crippen LogP contribution in [0.2, 0.25) is 0 Å². The van der Waals surface area contributed by atoms with E-state index in [1.807, 2.05) is 0 Å². The Labute approximate surface area is 142 Å². The molecule has 2 aliphatic rings. The van der Waals surface area contributed by atoms with Crippen LogP contribution in [0.4, 0.5) is 0 Å². The lowest BCUT2D eigenvalue weighted by Crippen LogP contribution is -2.47. The van der Waals surface area contributed by atoms with Gasteiger partial charge in [0.05, 0.1) is 13.2 Å². The van der Waals surface area contributed by atoms with Crippen molar-refractivity contribution in [2.45, 2.75) is 32.4 Å². The molecule has 3 rings (SSSR count). The number of nitrogens with one attached hydrogen (secondary N) is 1. The van der Waals surface area contributed by atoms with Gasteiger partial charge in [0.1, 0.15) is 5.69 Å². The topological polar surface area (TPSA) is 63.6 Å². The van der Waals surface area contributed by atoms with E-state index in [0.29, 0.717) is 18.3 Å². The Morgan fingerprint density at radius 1 is 1.33 bits per heavy atom. The number of esters is 1. The van der Waals surface area contributed by atoms with Crippen LogP contribution in [-0.4, -0.2) is 60.0 Å². The van der Waals surface area contributed by atoms with E-state index >= 15 is 0 Å². The number of ether oxygens (including phenoxy) is 1. The first-order valence-corrected chi connectivity index (χ1v) is 8.70. The zero-order valence-corrected chi connectivity index (χ0v) is 14.2. The van der Waals surface area contributed by atoms with Gasteiger partial charge in [-0.15, -0.1) is 0 Å². The molecule has 0 radical (unpaired) electrons. The molecule has 2 heterocycles. The molecule has 1 aromatic rings. The van der Waals surface area contributed by atoms with Crippen molar-refractivity contribution >= 4 is 11.8 Å². The van der Waals surface area contributed by atoms with Crippen LogP contribution in [0.5, 0.6) is 0 Å².